The summed E-state index contributed by atoms with van der Waals surface area (Å²) in [6.45, 7) is 1.34. The van der Waals surface area contributed by atoms with E-state index in [1.807, 2.05) is 0 Å². The summed E-state index contributed by atoms with van der Waals surface area (Å²) in [4.78, 5) is 9.92. The SMILES string of the molecule is C[PH](=O)OCNC(N)=O. The van der Waals surface area contributed by atoms with E-state index in [0.29, 0.717) is 0 Å². The number of carbonyl (C=O) groups is 1. The number of urea groups is 1. The maximum absolute atomic E-state index is 10.2. The van der Waals surface area contributed by atoms with Gasteiger partial charge in [-0.2, -0.15) is 0 Å². The second-order valence-corrected chi connectivity index (χ2v) is 2.59. The Balaban J connectivity index is 3.10. The highest BCUT2D eigenvalue weighted by atomic mass is 31.1. The summed E-state index contributed by atoms with van der Waals surface area (Å²) < 4.78 is 14.7. The van der Waals surface area contributed by atoms with Gasteiger partial charge in [-0.3, -0.25) is 4.57 Å². The highest BCUT2D eigenvalue weighted by Gasteiger charge is 1.90. The molecular weight excluding hydrogens is 143 g/mol. The average molecular weight is 152 g/mol. The molecule has 0 fully saturated rings. The first-order chi connectivity index (χ1) is 4.13. The molecule has 6 heteroatoms. The predicted octanol–water partition coefficient (Wildman–Crippen LogP) is -0.267. The van der Waals surface area contributed by atoms with Gasteiger partial charge in [0.15, 0.2) is 8.03 Å². The lowest BCUT2D eigenvalue weighted by atomic mass is 11.0. The van der Waals surface area contributed by atoms with E-state index in [2.05, 4.69) is 15.6 Å². The fourth-order valence-corrected chi connectivity index (χ4v) is 0.484. The number of hydrogen-bond donors (Lipinski definition) is 2. The molecule has 0 spiro atoms. The van der Waals surface area contributed by atoms with Gasteiger partial charge in [0.25, 0.3) is 0 Å². The summed E-state index contributed by atoms with van der Waals surface area (Å²) in [6.07, 6.45) is 0. The Morgan fingerprint density at radius 3 is 2.78 bits per heavy atom. The number of amides is 2. The number of nitrogens with one attached hydrogen (secondary N) is 1. The number of hydrogen-bond acceptors (Lipinski definition) is 3. The second kappa shape index (κ2) is 4.35. The highest BCUT2D eigenvalue weighted by molar-refractivity contribution is 7.38. The number of nitrogens with two attached hydrogens (primary N) is 1. The van der Waals surface area contributed by atoms with Crippen LogP contribution in [0.5, 0.6) is 0 Å². The molecule has 54 valence electrons. The second-order valence-electron chi connectivity index (χ2n) is 1.32. The zero-order valence-corrected chi connectivity index (χ0v) is 6.01. The highest BCUT2D eigenvalue weighted by Crippen LogP contribution is 2.12. The summed E-state index contributed by atoms with van der Waals surface area (Å²) in [5.41, 5.74) is 4.66. The third-order valence-corrected chi connectivity index (χ3v) is 1.07. The molecular formula is C3H9N2O3P. The maximum Gasteiger partial charge on any atom is 0.313 e. The van der Waals surface area contributed by atoms with E-state index < -0.39 is 14.1 Å². The van der Waals surface area contributed by atoms with Crippen molar-refractivity contribution >= 4 is 14.1 Å². The smallest absolute Gasteiger partial charge is 0.313 e. The van der Waals surface area contributed by atoms with Crippen LogP contribution in [0.1, 0.15) is 0 Å². The van der Waals surface area contributed by atoms with Crippen molar-refractivity contribution in [3.05, 3.63) is 0 Å². The number of primary amides is 1. The number of rotatable bonds is 3. The first-order valence-electron chi connectivity index (χ1n) is 2.29. The molecule has 0 saturated heterocycles. The minimum Gasteiger partial charge on any atom is -0.352 e. The van der Waals surface area contributed by atoms with Crippen LogP contribution < -0.4 is 11.1 Å². The van der Waals surface area contributed by atoms with Crippen LogP contribution in [0.25, 0.3) is 0 Å². The molecule has 0 bridgehead atoms. The van der Waals surface area contributed by atoms with E-state index in [1.54, 1.807) is 0 Å². The van der Waals surface area contributed by atoms with E-state index in [9.17, 15) is 9.36 Å². The van der Waals surface area contributed by atoms with Crippen LogP contribution in [0.4, 0.5) is 4.79 Å². The molecule has 0 aliphatic heterocycles. The molecule has 3 N–H and O–H groups in total. The van der Waals surface area contributed by atoms with E-state index in [0.717, 1.165) is 0 Å². The molecule has 1 unspecified atom stereocenters. The van der Waals surface area contributed by atoms with Crippen molar-refractivity contribution in [1.82, 2.24) is 5.32 Å². The van der Waals surface area contributed by atoms with Crippen LogP contribution in [-0.2, 0) is 9.09 Å². The summed E-state index contributed by atoms with van der Waals surface area (Å²) in [6, 6.07) is -0.682. The van der Waals surface area contributed by atoms with Gasteiger partial charge in [0.2, 0.25) is 0 Å². The van der Waals surface area contributed by atoms with Crippen LogP contribution in [0.3, 0.4) is 0 Å². The Hall–Kier alpha value is -0.540. The summed E-state index contributed by atoms with van der Waals surface area (Å²) in [5.74, 6) is 0. The van der Waals surface area contributed by atoms with Gasteiger partial charge in [-0.25, -0.2) is 4.79 Å². The fourth-order valence-electron chi connectivity index (χ4n) is 0.209. The lowest BCUT2D eigenvalue weighted by Crippen LogP contribution is -2.30. The van der Waals surface area contributed by atoms with Crippen molar-refractivity contribution in [1.29, 1.82) is 0 Å². The molecule has 0 aromatic carbocycles. The Morgan fingerprint density at radius 2 is 2.44 bits per heavy atom. The zero-order chi connectivity index (χ0) is 7.28. The van der Waals surface area contributed by atoms with Crippen molar-refractivity contribution in [3.63, 3.8) is 0 Å². The largest absolute Gasteiger partial charge is 0.352 e. The van der Waals surface area contributed by atoms with Crippen LogP contribution in [-0.4, -0.2) is 19.4 Å². The first kappa shape index (κ1) is 8.46. The lowest BCUT2D eigenvalue weighted by Gasteiger charge is -1.98. The van der Waals surface area contributed by atoms with Crippen molar-refractivity contribution in [2.75, 3.05) is 13.4 Å². The monoisotopic (exact) mass is 152 g/mol. The van der Waals surface area contributed by atoms with E-state index >= 15 is 0 Å². The molecule has 0 aromatic heterocycles. The van der Waals surface area contributed by atoms with Crippen LogP contribution >= 0.6 is 8.03 Å². The van der Waals surface area contributed by atoms with Gasteiger partial charge >= 0.3 is 6.03 Å². The van der Waals surface area contributed by atoms with Crippen molar-refractivity contribution in [2.45, 2.75) is 0 Å². The van der Waals surface area contributed by atoms with Gasteiger partial charge in [0.05, 0.1) is 0 Å². The molecule has 9 heavy (non-hydrogen) atoms. The lowest BCUT2D eigenvalue weighted by molar-refractivity contribution is 0.235. The van der Waals surface area contributed by atoms with Crippen molar-refractivity contribution in [2.24, 2.45) is 5.73 Å². The van der Waals surface area contributed by atoms with E-state index in [-0.39, 0.29) is 6.73 Å². The Bertz CT molecular complexity index is 112. The van der Waals surface area contributed by atoms with Gasteiger partial charge in [-0.1, -0.05) is 0 Å². The molecule has 0 rings (SSSR count). The van der Waals surface area contributed by atoms with Crippen LogP contribution in [0.2, 0.25) is 0 Å². The van der Waals surface area contributed by atoms with Crippen LogP contribution in [0, 0.1) is 0 Å². The molecule has 0 aliphatic carbocycles. The van der Waals surface area contributed by atoms with Gasteiger partial charge in [0.1, 0.15) is 6.73 Å². The third kappa shape index (κ3) is 7.46. The standard InChI is InChI=1S/C3H9N2O3P/c1-9(7)8-2-5-3(4)6/h9H,2H2,1H3,(H3,4,5,6). The molecule has 0 heterocycles. The summed E-state index contributed by atoms with van der Waals surface area (Å²) in [7, 11) is -1.95. The maximum atomic E-state index is 10.2. The minimum absolute atomic E-state index is 0.0797. The Kier molecular flexibility index (Phi) is 4.09. The van der Waals surface area contributed by atoms with Crippen molar-refractivity contribution in [3.8, 4) is 0 Å². The summed E-state index contributed by atoms with van der Waals surface area (Å²) >= 11 is 0. The third-order valence-electron chi connectivity index (χ3n) is 0.522. The molecule has 0 radical (unpaired) electrons. The van der Waals surface area contributed by atoms with Crippen LogP contribution in [0.15, 0.2) is 0 Å². The number of carbonyl (C=O) groups excluding carboxylic acids is 1. The van der Waals surface area contributed by atoms with E-state index in [4.69, 9.17) is 0 Å². The topological polar surface area (TPSA) is 81.4 Å². The Labute approximate surface area is 53.4 Å². The van der Waals surface area contributed by atoms with E-state index in [1.165, 1.54) is 6.66 Å². The van der Waals surface area contributed by atoms with Gasteiger partial charge in [0, 0.05) is 6.66 Å². The molecule has 0 aromatic rings. The summed E-state index contributed by atoms with van der Waals surface area (Å²) in [5, 5.41) is 2.12. The van der Waals surface area contributed by atoms with Gasteiger partial charge in [-0.15, -0.1) is 0 Å². The molecule has 5 nitrogen and oxygen atoms in total. The molecule has 0 aliphatic rings. The average Bonchev–Trinajstić information content (AvgIpc) is 1.63. The first-order valence-corrected chi connectivity index (χ1v) is 4.11. The predicted molar refractivity (Wildman–Crippen MR) is 33.6 cm³/mol. The molecule has 2 amide bonds. The van der Waals surface area contributed by atoms with Gasteiger partial charge in [-0.05, 0) is 0 Å². The normalized spacial score (nSPS) is 12.6. The van der Waals surface area contributed by atoms with Gasteiger partial charge < -0.3 is 15.6 Å². The zero-order valence-electron chi connectivity index (χ0n) is 5.01. The van der Waals surface area contributed by atoms with Crippen molar-refractivity contribution < 1.29 is 13.9 Å². The minimum atomic E-state index is -1.95. The Morgan fingerprint density at radius 1 is 1.89 bits per heavy atom. The molecule has 1 atom stereocenters. The quantitative estimate of drug-likeness (QED) is 0.431. The fraction of sp³-hybridized carbons (Fsp3) is 0.667. The molecule has 0 saturated carbocycles.